The van der Waals surface area contributed by atoms with E-state index in [1.165, 1.54) is 6.07 Å². The largest absolute Gasteiger partial charge is 0.361 e. The number of aromatic nitrogens is 1. The Morgan fingerprint density at radius 1 is 1.20 bits per heavy atom. The van der Waals surface area contributed by atoms with Crippen LogP contribution in [0.5, 0.6) is 0 Å². The Morgan fingerprint density at radius 3 is 2.95 bits per heavy atom. The summed E-state index contributed by atoms with van der Waals surface area (Å²) in [6.45, 7) is 0.741. The third-order valence-corrected chi connectivity index (χ3v) is 4.40. The average Bonchev–Trinajstić information content (AvgIpc) is 2.80. The molecule has 2 aromatic carbocycles. The van der Waals surface area contributed by atoms with Crippen molar-refractivity contribution < 1.29 is 4.39 Å². The van der Waals surface area contributed by atoms with Gasteiger partial charge in [0.25, 0.3) is 0 Å². The number of hydrogen-bond donors (Lipinski definition) is 1. The molecule has 0 radical (unpaired) electrons. The lowest BCUT2D eigenvalue weighted by atomic mass is 10.1. The summed E-state index contributed by atoms with van der Waals surface area (Å²) in [4.78, 5) is 4.52. The van der Waals surface area contributed by atoms with E-state index in [1.807, 2.05) is 18.2 Å². The van der Waals surface area contributed by atoms with Gasteiger partial charge in [0.1, 0.15) is 5.82 Å². The van der Waals surface area contributed by atoms with E-state index in [-0.39, 0.29) is 5.82 Å². The van der Waals surface area contributed by atoms with Crippen molar-refractivity contribution in [3.05, 3.63) is 58.3 Å². The first-order valence-corrected chi connectivity index (χ1v) is 7.86. The summed E-state index contributed by atoms with van der Waals surface area (Å²) in [7, 11) is 0. The van der Waals surface area contributed by atoms with Crippen LogP contribution in [-0.2, 0) is 6.42 Å². The second-order valence-corrected chi connectivity index (χ2v) is 6.38. The third kappa shape index (κ3) is 3.16. The predicted molar refractivity (Wildman–Crippen MR) is 85.9 cm³/mol. The van der Waals surface area contributed by atoms with Crippen LogP contribution in [0.25, 0.3) is 10.2 Å². The van der Waals surface area contributed by atoms with E-state index in [9.17, 15) is 4.39 Å². The Hall–Kier alpha value is -1.46. The smallest absolute Gasteiger partial charge is 0.183 e. The molecule has 3 aromatic rings. The molecule has 0 fully saturated rings. The quantitative estimate of drug-likeness (QED) is 0.727. The van der Waals surface area contributed by atoms with Gasteiger partial charge in [0.15, 0.2) is 5.13 Å². The SMILES string of the molecule is Fc1cccc(CCNc2nc3ccc(Br)cc3s2)c1. The standard InChI is InChI=1S/C15H12BrFN2S/c16-11-4-5-13-14(9-11)20-15(19-13)18-7-6-10-2-1-3-12(17)8-10/h1-5,8-9H,6-7H2,(H,18,19). The van der Waals surface area contributed by atoms with Crippen LogP contribution in [0.1, 0.15) is 5.56 Å². The summed E-state index contributed by atoms with van der Waals surface area (Å²) in [5.41, 5.74) is 1.98. The topological polar surface area (TPSA) is 24.9 Å². The van der Waals surface area contributed by atoms with E-state index in [0.29, 0.717) is 0 Å². The lowest BCUT2D eigenvalue weighted by molar-refractivity contribution is 0.625. The highest BCUT2D eigenvalue weighted by atomic mass is 79.9. The second-order valence-electron chi connectivity index (χ2n) is 4.44. The van der Waals surface area contributed by atoms with Crippen LogP contribution in [0.3, 0.4) is 0 Å². The molecular formula is C15H12BrFN2S. The minimum Gasteiger partial charge on any atom is -0.361 e. The minimum atomic E-state index is -0.188. The summed E-state index contributed by atoms with van der Waals surface area (Å²) < 4.78 is 15.3. The maximum atomic E-state index is 13.1. The fourth-order valence-electron chi connectivity index (χ4n) is 1.98. The lowest BCUT2D eigenvalue weighted by Crippen LogP contribution is -2.04. The summed E-state index contributed by atoms with van der Waals surface area (Å²) in [6, 6.07) is 12.7. The molecule has 0 bridgehead atoms. The van der Waals surface area contributed by atoms with Gasteiger partial charge in [-0.2, -0.15) is 0 Å². The first-order chi connectivity index (χ1) is 9.70. The first-order valence-electron chi connectivity index (χ1n) is 6.25. The molecular weight excluding hydrogens is 339 g/mol. The molecule has 0 amide bonds. The van der Waals surface area contributed by atoms with Gasteiger partial charge in [0.2, 0.25) is 0 Å². The molecule has 0 spiro atoms. The Morgan fingerprint density at radius 2 is 2.10 bits per heavy atom. The number of rotatable bonds is 4. The van der Waals surface area contributed by atoms with Crippen LogP contribution in [0, 0.1) is 5.82 Å². The number of fused-ring (bicyclic) bond motifs is 1. The van der Waals surface area contributed by atoms with Gasteiger partial charge in [-0.1, -0.05) is 39.4 Å². The maximum Gasteiger partial charge on any atom is 0.183 e. The van der Waals surface area contributed by atoms with Gasteiger partial charge in [-0.3, -0.25) is 0 Å². The Kier molecular flexibility index (Phi) is 3.98. The molecule has 1 N–H and O–H groups in total. The highest BCUT2D eigenvalue weighted by Crippen LogP contribution is 2.28. The third-order valence-electron chi connectivity index (χ3n) is 2.93. The van der Waals surface area contributed by atoms with E-state index in [4.69, 9.17) is 0 Å². The molecule has 3 rings (SSSR count). The molecule has 102 valence electrons. The van der Waals surface area contributed by atoms with E-state index >= 15 is 0 Å². The van der Waals surface area contributed by atoms with Crippen molar-refractivity contribution in [2.24, 2.45) is 0 Å². The zero-order valence-corrected chi connectivity index (χ0v) is 13.0. The van der Waals surface area contributed by atoms with Gasteiger partial charge in [-0.05, 0) is 42.3 Å². The number of anilines is 1. The number of nitrogens with zero attached hydrogens (tertiary/aromatic N) is 1. The average molecular weight is 351 g/mol. The number of thiazole rings is 1. The Balaban J connectivity index is 1.65. The van der Waals surface area contributed by atoms with Crippen molar-refractivity contribution in [3.8, 4) is 0 Å². The molecule has 2 nitrogen and oxygen atoms in total. The molecule has 0 aliphatic heterocycles. The van der Waals surface area contributed by atoms with E-state index in [0.717, 1.165) is 38.3 Å². The molecule has 0 atom stereocenters. The van der Waals surface area contributed by atoms with Crippen LogP contribution in [0.15, 0.2) is 46.9 Å². The number of nitrogens with one attached hydrogen (secondary N) is 1. The van der Waals surface area contributed by atoms with Crippen LogP contribution in [0.2, 0.25) is 0 Å². The van der Waals surface area contributed by atoms with Crippen molar-refractivity contribution in [2.45, 2.75) is 6.42 Å². The van der Waals surface area contributed by atoms with E-state index in [1.54, 1.807) is 23.5 Å². The van der Waals surface area contributed by atoms with Gasteiger partial charge in [0, 0.05) is 11.0 Å². The van der Waals surface area contributed by atoms with Crippen molar-refractivity contribution in [1.29, 1.82) is 0 Å². The fourth-order valence-corrected chi connectivity index (χ4v) is 3.42. The summed E-state index contributed by atoms with van der Waals surface area (Å²) >= 11 is 5.08. The number of halogens is 2. The maximum absolute atomic E-state index is 13.1. The van der Waals surface area contributed by atoms with Gasteiger partial charge in [-0.25, -0.2) is 9.37 Å². The van der Waals surface area contributed by atoms with Crippen molar-refractivity contribution in [3.63, 3.8) is 0 Å². The summed E-state index contributed by atoms with van der Waals surface area (Å²) in [5.74, 6) is -0.188. The number of benzene rings is 2. The molecule has 0 unspecified atom stereocenters. The molecule has 1 aromatic heterocycles. The zero-order chi connectivity index (χ0) is 13.9. The van der Waals surface area contributed by atoms with E-state index in [2.05, 4.69) is 32.3 Å². The second kappa shape index (κ2) is 5.89. The molecule has 0 saturated heterocycles. The summed E-state index contributed by atoms with van der Waals surface area (Å²) in [5, 5.41) is 4.19. The van der Waals surface area contributed by atoms with Crippen molar-refractivity contribution in [1.82, 2.24) is 4.98 Å². The Labute approximate surface area is 128 Å². The molecule has 0 aliphatic carbocycles. The monoisotopic (exact) mass is 350 g/mol. The highest BCUT2D eigenvalue weighted by molar-refractivity contribution is 9.10. The van der Waals surface area contributed by atoms with Crippen LogP contribution in [-0.4, -0.2) is 11.5 Å². The highest BCUT2D eigenvalue weighted by Gasteiger charge is 2.04. The van der Waals surface area contributed by atoms with Gasteiger partial charge >= 0.3 is 0 Å². The van der Waals surface area contributed by atoms with Gasteiger partial charge < -0.3 is 5.32 Å². The van der Waals surface area contributed by atoms with Crippen molar-refractivity contribution >= 4 is 42.6 Å². The summed E-state index contributed by atoms with van der Waals surface area (Å²) in [6.07, 6.45) is 0.775. The molecule has 20 heavy (non-hydrogen) atoms. The number of hydrogen-bond acceptors (Lipinski definition) is 3. The molecule has 1 heterocycles. The van der Waals surface area contributed by atoms with Crippen molar-refractivity contribution in [2.75, 3.05) is 11.9 Å². The predicted octanol–water partition coefficient (Wildman–Crippen LogP) is 4.85. The molecule has 0 aliphatic rings. The fraction of sp³-hybridized carbons (Fsp3) is 0.133. The normalized spacial score (nSPS) is 10.9. The Bertz CT molecular complexity index is 742. The minimum absolute atomic E-state index is 0.188. The van der Waals surface area contributed by atoms with Crippen LogP contribution < -0.4 is 5.32 Å². The molecule has 5 heteroatoms. The molecule has 0 saturated carbocycles. The van der Waals surface area contributed by atoms with Gasteiger partial charge in [0.05, 0.1) is 10.2 Å². The van der Waals surface area contributed by atoms with Crippen LogP contribution >= 0.6 is 27.3 Å². The zero-order valence-electron chi connectivity index (χ0n) is 10.6. The van der Waals surface area contributed by atoms with E-state index < -0.39 is 0 Å². The first kappa shape index (κ1) is 13.5. The van der Waals surface area contributed by atoms with Gasteiger partial charge in [-0.15, -0.1) is 0 Å². The lowest BCUT2D eigenvalue weighted by Gasteiger charge is -2.02. The van der Waals surface area contributed by atoms with Crippen LogP contribution in [0.4, 0.5) is 9.52 Å².